The smallest absolute Gasteiger partial charge is 0.346 e. The fourth-order valence-corrected chi connectivity index (χ4v) is 3.35. The molecule has 0 amide bonds. The van der Waals surface area contributed by atoms with Gasteiger partial charge in [-0.05, 0) is 50.5 Å². The van der Waals surface area contributed by atoms with Crippen molar-refractivity contribution >= 4 is 17.3 Å². The minimum atomic E-state index is -0.802. The van der Waals surface area contributed by atoms with E-state index in [0.29, 0.717) is 10.9 Å². The second-order valence-electron chi connectivity index (χ2n) is 5.11. The van der Waals surface area contributed by atoms with E-state index in [1.807, 2.05) is 11.4 Å². The second-order valence-corrected chi connectivity index (χ2v) is 6.03. The molecule has 5 heteroatoms. The Morgan fingerprint density at radius 2 is 2.39 bits per heavy atom. The van der Waals surface area contributed by atoms with Crippen molar-refractivity contribution in [2.24, 2.45) is 0 Å². The first-order valence-electron chi connectivity index (χ1n) is 6.26. The highest BCUT2D eigenvalue weighted by molar-refractivity contribution is 7.12. The maximum atomic E-state index is 11.1. The number of nitrogens with zero attached hydrogens (tertiary/aromatic N) is 2. The SMILES string of the molecule is CN(C)CC1CCCN1Cc1ccsc1C(=O)O. The Hall–Kier alpha value is -0.910. The summed E-state index contributed by atoms with van der Waals surface area (Å²) in [5, 5.41) is 11.0. The molecule has 0 radical (unpaired) electrons. The van der Waals surface area contributed by atoms with Gasteiger partial charge in [-0.25, -0.2) is 4.79 Å². The molecule has 1 unspecified atom stereocenters. The van der Waals surface area contributed by atoms with Crippen LogP contribution in [0.15, 0.2) is 11.4 Å². The number of thiophene rings is 1. The lowest BCUT2D eigenvalue weighted by atomic mass is 10.2. The minimum Gasteiger partial charge on any atom is -0.477 e. The van der Waals surface area contributed by atoms with Gasteiger partial charge in [0.1, 0.15) is 4.88 Å². The van der Waals surface area contributed by atoms with Gasteiger partial charge in [-0.1, -0.05) is 0 Å². The van der Waals surface area contributed by atoms with E-state index in [4.69, 9.17) is 5.11 Å². The van der Waals surface area contributed by atoms with Gasteiger partial charge in [-0.2, -0.15) is 0 Å². The number of hydrogen-bond donors (Lipinski definition) is 1. The number of aromatic carboxylic acids is 1. The molecule has 2 heterocycles. The molecule has 1 fully saturated rings. The Morgan fingerprint density at radius 3 is 3.06 bits per heavy atom. The lowest BCUT2D eigenvalue weighted by Crippen LogP contribution is -2.37. The normalized spacial score (nSPS) is 20.7. The highest BCUT2D eigenvalue weighted by Crippen LogP contribution is 2.24. The topological polar surface area (TPSA) is 43.8 Å². The number of likely N-dealkylation sites (tertiary alicyclic amines) is 1. The molecule has 0 spiro atoms. The minimum absolute atomic E-state index is 0.491. The number of rotatable bonds is 5. The first-order chi connectivity index (χ1) is 8.58. The monoisotopic (exact) mass is 268 g/mol. The number of likely N-dealkylation sites (N-methyl/N-ethyl adjacent to an activating group) is 1. The van der Waals surface area contributed by atoms with Crippen LogP contribution in [0.25, 0.3) is 0 Å². The molecule has 100 valence electrons. The van der Waals surface area contributed by atoms with Crippen LogP contribution in [0, 0.1) is 0 Å². The lowest BCUT2D eigenvalue weighted by Gasteiger charge is -2.26. The van der Waals surface area contributed by atoms with E-state index in [9.17, 15) is 4.79 Å². The first kappa shape index (κ1) is 13.5. The molecule has 0 aliphatic carbocycles. The molecular weight excluding hydrogens is 248 g/mol. The lowest BCUT2D eigenvalue weighted by molar-refractivity contribution is 0.0699. The Balaban J connectivity index is 2.03. The van der Waals surface area contributed by atoms with Crippen molar-refractivity contribution in [3.8, 4) is 0 Å². The van der Waals surface area contributed by atoms with Crippen LogP contribution in [0.3, 0.4) is 0 Å². The molecule has 1 aromatic heterocycles. The zero-order chi connectivity index (χ0) is 13.1. The summed E-state index contributed by atoms with van der Waals surface area (Å²) < 4.78 is 0. The number of carbonyl (C=O) groups is 1. The van der Waals surface area contributed by atoms with E-state index in [0.717, 1.165) is 25.2 Å². The molecule has 2 rings (SSSR count). The van der Waals surface area contributed by atoms with E-state index in [2.05, 4.69) is 23.9 Å². The Bertz CT molecular complexity index is 417. The summed E-state index contributed by atoms with van der Waals surface area (Å²) in [6, 6.07) is 2.50. The summed E-state index contributed by atoms with van der Waals surface area (Å²) in [6.07, 6.45) is 2.43. The van der Waals surface area contributed by atoms with E-state index < -0.39 is 5.97 Å². The van der Waals surface area contributed by atoms with Gasteiger partial charge in [0, 0.05) is 19.1 Å². The van der Waals surface area contributed by atoms with E-state index in [-0.39, 0.29) is 0 Å². The van der Waals surface area contributed by atoms with Crippen molar-refractivity contribution in [2.45, 2.75) is 25.4 Å². The summed E-state index contributed by atoms with van der Waals surface area (Å²) >= 11 is 1.32. The molecule has 1 N–H and O–H groups in total. The number of hydrogen-bond acceptors (Lipinski definition) is 4. The summed E-state index contributed by atoms with van der Waals surface area (Å²) in [5.74, 6) is -0.802. The van der Waals surface area contributed by atoms with Gasteiger partial charge in [0.15, 0.2) is 0 Å². The van der Waals surface area contributed by atoms with Gasteiger partial charge in [0.05, 0.1) is 0 Å². The van der Waals surface area contributed by atoms with Crippen LogP contribution in [0.5, 0.6) is 0 Å². The molecule has 1 aliphatic rings. The molecule has 0 bridgehead atoms. The van der Waals surface area contributed by atoms with Gasteiger partial charge in [-0.15, -0.1) is 11.3 Å². The molecular formula is C13H20N2O2S. The average Bonchev–Trinajstić information content (AvgIpc) is 2.88. The van der Waals surface area contributed by atoms with E-state index in [1.165, 1.54) is 24.2 Å². The molecule has 1 aromatic rings. The van der Waals surface area contributed by atoms with Crippen molar-refractivity contribution in [3.63, 3.8) is 0 Å². The third kappa shape index (κ3) is 3.10. The van der Waals surface area contributed by atoms with Crippen molar-refractivity contribution < 1.29 is 9.90 Å². The van der Waals surface area contributed by atoms with Crippen molar-refractivity contribution in [1.29, 1.82) is 0 Å². The Kier molecular flexibility index (Phi) is 4.37. The van der Waals surface area contributed by atoms with Crippen LogP contribution in [-0.4, -0.2) is 54.1 Å². The molecule has 0 aromatic carbocycles. The highest BCUT2D eigenvalue weighted by Gasteiger charge is 2.26. The predicted octanol–water partition coefficient (Wildman–Crippen LogP) is 1.97. The van der Waals surface area contributed by atoms with Crippen LogP contribution in [0.2, 0.25) is 0 Å². The molecule has 1 saturated heterocycles. The van der Waals surface area contributed by atoms with Crippen LogP contribution in [-0.2, 0) is 6.54 Å². The molecule has 1 aliphatic heterocycles. The third-order valence-corrected chi connectivity index (χ3v) is 4.33. The fourth-order valence-electron chi connectivity index (χ4n) is 2.60. The molecule has 4 nitrogen and oxygen atoms in total. The standard InChI is InChI=1S/C13H20N2O2S/c1-14(2)9-11-4-3-6-15(11)8-10-5-7-18-12(10)13(16)17/h5,7,11H,3-4,6,8-9H2,1-2H3,(H,16,17). The van der Waals surface area contributed by atoms with Crippen molar-refractivity contribution in [1.82, 2.24) is 9.80 Å². The van der Waals surface area contributed by atoms with E-state index >= 15 is 0 Å². The maximum absolute atomic E-state index is 11.1. The summed E-state index contributed by atoms with van der Waals surface area (Å²) in [4.78, 5) is 16.2. The maximum Gasteiger partial charge on any atom is 0.346 e. The van der Waals surface area contributed by atoms with Crippen LogP contribution in [0.1, 0.15) is 28.1 Å². The zero-order valence-electron chi connectivity index (χ0n) is 10.9. The first-order valence-corrected chi connectivity index (χ1v) is 7.14. The van der Waals surface area contributed by atoms with Crippen molar-refractivity contribution in [2.75, 3.05) is 27.2 Å². The molecule has 0 saturated carbocycles. The average molecular weight is 268 g/mol. The number of carboxylic acid groups (broad SMARTS) is 1. The quantitative estimate of drug-likeness (QED) is 0.887. The predicted molar refractivity (Wildman–Crippen MR) is 73.3 cm³/mol. The highest BCUT2D eigenvalue weighted by atomic mass is 32.1. The Morgan fingerprint density at radius 1 is 1.61 bits per heavy atom. The second kappa shape index (κ2) is 5.82. The van der Waals surface area contributed by atoms with Gasteiger partial charge in [0.25, 0.3) is 0 Å². The largest absolute Gasteiger partial charge is 0.477 e. The Labute approximate surface area is 112 Å². The summed E-state index contributed by atoms with van der Waals surface area (Å²) in [6.45, 7) is 2.89. The van der Waals surface area contributed by atoms with Crippen LogP contribution in [0.4, 0.5) is 0 Å². The molecule has 18 heavy (non-hydrogen) atoms. The van der Waals surface area contributed by atoms with Gasteiger partial charge in [-0.3, -0.25) is 4.90 Å². The third-order valence-electron chi connectivity index (χ3n) is 3.39. The zero-order valence-corrected chi connectivity index (χ0v) is 11.7. The fraction of sp³-hybridized carbons (Fsp3) is 0.615. The van der Waals surface area contributed by atoms with E-state index in [1.54, 1.807) is 0 Å². The van der Waals surface area contributed by atoms with Gasteiger partial charge >= 0.3 is 5.97 Å². The number of carboxylic acids is 1. The van der Waals surface area contributed by atoms with Gasteiger partial charge in [0.2, 0.25) is 0 Å². The summed E-state index contributed by atoms with van der Waals surface area (Å²) in [7, 11) is 4.17. The van der Waals surface area contributed by atoms with Crippen LogP contribution < -0.4 is 0 Å². The molecule has 1 atom stereocenters. The van der Waals surface area contributed by atoms with Crippen LogP contribution >= 0.6 is 11.3 Å². The van der Waals surface area contributed by atoms with Gasteiger partial charge < -0.3 is 10.0 Å². The summed E-state index contributed by atoms with van der Waals surface area (Å²) in [5.41, 5.74) is 0.957. The van der Waals surface area contributed by atoms with Crippen molar-refractivity contribution in [3.05, 3.63) is 21.9 Å².